The molecule has 0 N–H and O–H groups in total. The van der Waals surface area contributed by atoms with Crippen molar-refractivity contribution in [2.75, 3.05) is 13.7 Å². The maximum absolute atomic E-state index is 6.17. The SMILES string of the molecule is CCC1(CC)CCOC(c2ccc(OC)cc2)O1. The summed E-state index contributed by atoms with van der Waals surface area (Å²) < 4.78 is 17.1. The number of methoxy groups -OCH3 is 1. The van der Waals surface area contributed by atoms with Crippen LogP contribution in [0.5, 0.6) is 5.75 Å². The molecule has 1 atom stereocenters. The summed E-state index contributed by atoms with van der Waals surface area (Å²) in [5.74, 6) is 0.854. The zero-order chi connectivity index (χ0) is 13.0. The lowest BCUT2D eigenvalue weighted by Gasteiger charge is -2.40. The zero-order valence-electron chi connectivity index (χ0n) is 11.4. The van der Waals surface area contributed by atoms with E-state index in [1.165, 1.54) is 0 Å². The number of hydrogen-bond donors (Lipinski definition) is 0. The summed E-state index contributed by atoms with van der Waals surface area (Å²) in [6.07, 6.45) is 2.79. The van der Waals surface area contributed by atoms with Gasteiger partial charge in [0.1, 0.15) is 5.75 Å². The normalized spacial score (nSPS) is 22.7. The van der Waals surface area contributed by atoms with Gasteiger partial charge in [0.05, 0.1) is 19.3 Å². The third kappa shape index (κ3) is 2.68. The minimum Gasteiger partial charge on any atom is -0.497 e. The van der Waals surface area contributed by atoms with Crippen molar-refractivity contribution in [3.05, 3.63) is 29.8 Å². The molecular formula is C15H22O3. The lowest BCUT2D eigenvalue weighted by atomic mass is 9.92. The molecule has 1 aromatic carbocycles. The van der Waals surface area contributed by atoms with Crippen molar-refractivity contribution in [3.8, 4) is 5.75 Å². The molecule has 0 aromatic heterocycles. The van der Waals surface area contributed by atoms with E-state index in [0.29, 0.717) is 0 Å². The van der Waals surface area contributed by atoms with Crippen LogP contribution in [0.25, 0.3) is 0 Å². The maximum Gasteiger partial charge on any atom is 0.184 e. The van der Waals surface area contributed by atoms with Gasteiger partial charge in [-0.15, -0.1) is 0 Å². The summed E-state index contributed by atoms with van der Waals surface area (Å²) >= 11 is 0. The standard InChI is InChI=1S/C15H22O3/c1-4-15(5-2)10-11-17-14(18-15)12-6-8-13(16-3)9-7-12/h6-9,14H,4-5,10-11H2,1-3H3. The van der Waals surface area contributed by atoms with E-state index < -0.39 is 0 Å². The quantitative estimate of drug-likeness (QED) is 0.815. The molecule has 0 amide bonds. The van der Waals surface area contributed by atoms with Gasteiger partial charge >= 0.3 is 0 Å². The lowest BCUT2D eigenvalue weighted by Crippen LogP contribution is -2.39. The fourth-order valence-electron chi connectivity index (χ4n) is 2.37. The molecule has 1 unspecified atom stereocenters. The largest absolute Gasteiger partial charge is 0.497 e. The number of rotatable bonds is 4. The third-order valence-corrected chi connectivity index (χ3v) is 3.86. The van der Waals surface area contributed by atoms with Crippen LogP contribution in [0.2, 0.25) is 0 Å². The molecule has 1 aliphatic heterocycles. The number of hydrogen-bond acceptors (Lipinski definition) is 3. The van der Waals surface area contributed by atoms with E-state index >= 15 is 0 Å². The van der Waals surface area contributed by atoms with Crippen LogP contribution in [0.15, 0.2) is 24.3 Å². The predicted octanol–water partition coefficient (Wildman–Crippen LogP) is 3.69. The summed E-state index contributed by atoms with van der Waals surface area (Å²) in [7, 11) is 1.67. The highest BCUT2D eigenvalue weighted by Crippen LogP contribution is 2.37. The number of benzene rings is 1. The van der Waals surface area contributed by atoms with Gasteiger partial charge in [-0.1, -0.05) is 26.0 Å². The molecule has 0 aliphatic carbocycles. The van der Waals surface area contributed by atoms with Crippen LogP contribution in [0.1, 0.15) is 45.0 Å². The van der Waals surface area contributed by atoms with Crippen LogP contribution >= 0.6 is 0 Å². The first-order chi connectivity index (χ1) is 8.73. The van der Waals surface area contributed by atoms with Crippen LogP contribution in [0.3, 0.4) is 0 Å². The Morgan fingerprint density at radius 1 is 1.22 bits per heavy atom. The topological polar surface area (TPSA) is 27.7 Å². The van der Waals surface area contributed by atoms with Gasteiger partial charge in [0, 0.05) is 5.56 Å². The molecule has 1 fully saturated rings. The predicted molar refractivity (Wildman–Crippen MR) is 70.7 cm³/mol. The van der Waals surface area contributed by atoms with E-state index in [9.17, 15) is 0 Å². The van der Waals surface area contributed by atoms with Crippen molar-refractivity contribution in [1.82, 2.24) is 0 Å². The molecule has 1 heterocycles. The van der Waals surface area contributed by atoms with Crippen molar-refractivity contribution >= 4 is 0 Å². The van der Waals surface area contributed by atoms with Crippen molar-refractivity contribution in [2.45, 2.75) is 45.0 Å². The minimum absolute atomic E-state index is 0.0250. The molecule has 1 aromatic rings. The summed E-state index contributed by atoms with van der Waals surface area (Å²) in [5.41, 5.74) is 1.03. The van der Waals surface area contributed by atoms with Crippen LogP contribution in [0, 0.1) is 0 Å². The van der Waals surface area contributed by atoms with E-state index in [-0.39, 0.29) is 11.9 Å². The Labute approximate surface area is 109 Å². The lowest BCUT2D eigenvalue weighted by molar-refractivity contribution is -0.263. The summed E-state index contributed by atoms with van der Waals surface area (Å²) in [6.45, 7) is 5.12. The van der Waals surface area contributed by atoms with Crippen molar-refractivity contribution in [2.24, 2.45) is 0 Å². The van der Waals surface area contributed by atoms with Gasteiger partial charge in [-0.25, -0.2) is 0 Å². The molecule has 0 spiro atoms. The third-order valence-electron chi connectivity index (χ3n) is 3.86. The van der Waals surface area contributed by atoms with E-state index in [2.05, 4.69) is 13.8 Å². The Morgan fingerprint density at radius 2 is 1.89 bits per heavy atom. The molecule has 3 heteroatoms. The smallest absolute Gasteiger partial charge is 0.184 e. The molecule has 0 bridgehead atoms. The molecule has 18 heavy (non-hydrogen) atoms. The average Bonchev–Trinajstić information content (AvgIpc) is 2.47. The monoisotopic (exact) mass is 250 g/mol. The molecule has 0 saturated carbocycles. The second-order valence-corrected chi connectivity index (χ2v) is 4.73. The second-order valence-electron chi connectivity index (χ2n) is 4.73. The Bertz CT molecular complexity index is 368. The second kappa shape index (κ2) is 5.72. The van der Waals surface area contributed by atoms with E-state index in [4.69, 9.17) is 14.2 Å². The van der Waals surface area contributed by atoms with Crippen LogP contribution < -0.4 is 4.74 Å². The average molecular weight is 250 g/mol. The zero-order valence-corrected chi connectivity index (χ0v) is 11.4. The summed E-state index contributed by atoms with van der Waals surface area (Å²) in [5, 5.41) is 0. The highest BCUT2D eigenvalue weighted by atomic mass is 16.7. The van der Waals surface area contributed by atoms with Crippen LogP contribution in [-0.2, 0) is 9.47 Å². The summed E-state index contributed by atoms with van der Waals surface area (Å²) in [6, 6.07) is 7.89. The van der Waals surface area contributed by atoms with E-state index in [1.54, 1.807) is 7.11 Å². The molecule has 100 valence electrons. The maximum atomic E-state index is 6.17. The minimum atomic E-state index is -0.246. The Morgan fingerprint density at radius 3 is 2.44 bits per heavy atom. The van der Waals surface area contributed by atoms with Gasteiger partial charge in [-0.05, 0) is 31.4 Å². The van der Waals surface area contributed by atoms with Gasteiger partial charge in [0.25, 0.3) is 0 Å². The van der Waals surface area contributed by atoms with Crippen molar-refractivity contribution in [3.63, 3.8) is 0 Å². The Balaban J connectivity index is 2.12. The van der Waals surface area contributed by atoms with E-state index in [1.807, 2.05) is 24.3 Å². The molecular weight excluding hydrogens is 228 g/mol. The highest BCUT2D eigenvalue weighted by molar-refractivity contribution is 5.28. The van der Waals surface area contributed by atoms with Crippen molar-refractivity contribution < 1.29 is 14.2 Å². The molecule has 1 aliphatic rings. The van der Waals surface area contributed by atoms with Gasteiger partial charge in [0.15, 0.2) is 6.29 Å². The first kappa shape index (κ1) is 13.4. The van der Waals surface area contributed by atoms with Gasteiger partial charge in [0.2, 0.25) is 0 Å². The molecule has 3 nitrogen and oxygen atoms in total. The van der Waals surface area contributed by atoms with Gasteiger partial charge in [-0.3, -0.25) is 0 Å². The van der Waals surface area contributed by atoms with Gasteiger partial charge in [-0.2, -0.15) is 0 Å². The first-order valence-corrected chi connectivity index (χ1v) is 6.66. The fraction of sp³-hybridized carbons (Fsp3) is 0.600. The van der Waals surface area contributed by atoms with Crippen LogP contribution in [-0.4, -0.2) is 19.3 Å². The Kier molecular flexibility index (Phi) is 4.25. The molecule has 0 radical (unpaired) electrons. The summed E-state index contributed by atoms with van der Waals surface area (Å²) in [4.78, 5) is 0. The number of ether oxygens (including phenoxy) is 3. The first-order valence-electron chi connectivity index (χ1n) is 6.66. The highest BCUT2D eigenvalue weighted by Gasteiger charge is 2.35. The molecule has 1 saturated heterocycles. The molecule has 2 rings (SSSR count). The van der Waals surface area contributed by atoms with E-state index in [0.717, 1.165) is 37.2 Å². The van der Waals surface area contributed by atoms with Crippen LogP contribution in [0.4, 0.5) is 0 Å². The van der Waals surface area contributed by atoms with Gasteiger partial charge < -0.3 is 14.2 Å². The van der Waals surface area contributed by atoms with Crippen molar-refractivity contribution in [1.29, 1.82) is 0 Å². The fourth-order valence-corrected chi connectivity index (χ4v) is 2.37. The Hall–Kier alpha value is -1.06.